The predicted molar refractivity (Wildman–Crippen MR) is 79.6 cm³/mol. The van der Waals surface area contributed by atoms with Crippen molar-refractivity contribution in [1.29, 1.82) is 0 Å². The molecule has 21 heavy (non-hydrogen) atoms. The first kappa shape index (κ1) is 13.5. The van der Waals surface area contributed by atoms with Gasteiger partial charge in [0.15, 0.2) is 5.84 Å². The molecule has 0 saturated heterocycles. The second-order valence-electron chi connectivity index (χ2n) is 4.50. The number of fused-ring (bicyclic) bond motifs is 1. The van der Waals surface area contributed by atoms with Crippen LogP contribution in [0, 0.1) is 0 Å². The van der Waals surface area contributed by atoms with E-state index in [1.165, 1.54) is 0 Å². The molecule has 1 aromatic carbocycles. The third kappa shape index (κ3) is 2.84. The van der Waals surface area contributed by atoms with Gasteiger partial charge in [-0.25, -0.2) is 0 Å². The molecule has 110 valence electrons. The lowest BCUT2D eigenvalue weighted by Gasteiger charge is -2.19. The summed E-state index contributed by atoms with van der Waals surface area (Å²) >= 11 is 0. The van der Waals surface area contributed by atoms with Crippen molar-refractivity contribution in [1.82, 2.24) is 4.57 Å². The van der Waals surface area contributed by atoms with Gasteiger partial charge in [-0.2, -0.15) is 8.42 Å². The van der Waals surface area contributed by atoms with Gasteiger partial charge in [0.05, 0.1) is 17.8 Å². The fourth-order valence-corrected chi connectivity index (χ4v) is 2.96. The highest BCUT2D eigenvalue weighted by atomic mass is 32.2. The van der Waals surface area contributed by atoms with Crippen LogP contribution >= 0.6 is 0 Å². The van der Waals surface area contributed by atoms with E-state index in [2.05, 4.69) is 9.12 Å². The van der Waals surface area contributed by atoms with Crippen LogP contribution < -0.4 is 15.2 Å². The quantitative estimate of drug-likeness (QED) is 0.878. The van der Waals surface area contributed by atoms with Crippen molar-refractivity contribution < 1.29 is 13.2 Å². The van der Waals surface area contributed by atoms with Crippen LogP contribution in [-0.4, -0.2) is 25.4 Å². The summed E-state index contributed by atoms with van der Waals surface area (Å²) in [5.41, 5.74) is 6.58. The van der Waals surface area contributed by atoms with E-state index >= 15 is 0 Å². The van der Waals surface area contributed by atoms with Gasteiger partial charge < -0.3 is 15.0 Å². The van der Waals surface area contributed by atoms with Crippen LogP contribution in [0.5, 0.6) is 5.75 Å². The first-order valence-corrected chi connectivity index (χ1v) is 7.74. The topological polar surface area (TPSA) is 98.7 Å². The van der Waals surface area contributed by atoms with Gasteiger partial charge in [0.2, 0.25) is 0 Å². The normalized spacial score (nSPS) is 15.7. The Morgan fingerprint density at radius 2 is 2.00 bits per heavy atom. The fraction of sp³-hybridized carbons (Fsp3) is 0.154. The molecule has 0 atom stereocenters. The van der Waals surface area contributed by atoms with Crippen molar-refractivity contribution in [3.8, 4) is 5.75 Å². The van der Waals surface area contributed by atoms with Crippen LogP contribution in [0.4, 0.5) is 5.69 Å². The molecule has 2 heterocycles. The Labute approximate surface area is 122 Å². The summed E-state index contributed by atoms with van der Waals surface area (Å²) in [4.78, 5) is 0. The van der Waals surface area contributed by atoms with Gasteiger partial charge >= 0.3 is 10.2 Å². The van der Waals surface area contributed by atoms with Gasteiger partial charge in [-0.15, -0.1) is 4.40 Å². The number of benzene rings is 1. The molecule has 0 spiro atoms. The molecule has 1 aromatic heterocycles. The Hall–Kier alpha value is -2.48. The summed E-state index contributed by atoms with van der Waals surface area (Å²) in [6.45, 7) is 1.12. The number of rotatable bonds is 4. The lowest BCUT2D eigenvalue weighted by molar-refractivity contribution is 0.298. The molecule has 3 N–H and O–H groups in total. The standard InChI is InChI=1S/C13H14N4O3S/c14-13-12-10(15-21(18,19)16-13)4-3-5-11(12)20-9-8-17-6-1-2-7-17/h1-7,15H,8-9H2,(H2,14,16). The summed E-state index contributed by atoms with van der Waals surface area (Å²) in [7, 11) is -3.76. The van der Waals surface area contributed by atoms with Gasteiger partial charge in [0.25, 0.3) is 0 Å². The molecule has 0 fully saturated rings. The monoisotopic (exact) mass is 306 g/mol. The largest absolute Gasteiger partial charge is 0.491 e. The van der Waals surface area contributed by atoms with Gasteiger partial charge in [0, 0.05) is 12.4 Å². The molecule has 0 amide bonds. The van der Waals surface area contributed by atoms with Gasteiger partial charge in [-0.05, 0) is 24.3 Å². The van der Waals surface area contributed by atoms with Crippen molar-refractivity contribution in [2.75, 3.05) is 11.3 Å². The lowest BCUT2D eigenvalue weighted by atomic mass is 10.1. The zero-order valence-corrected chi connectivity index (χ0v) is 11.9. The molecule has 0 saturated carbocycles. The van der Waals surface area contributed by atoms with Crippen molar-refractivity contribution in [3.05, 3.63) is 48.3 Å². The molecule has 8 heteroatoms. The van der Waals surface area contributed by atoms with Crippen molar-refractivity contribution >= 4 is 21.7 Å². The average Bonchev–Trinajstić information content (AvgIpc) is 2.90. The maximum absolute atomic E-state index is 11.5. The Morgan fingerprint density at radius 1 is 1.24 bits per heavy atom. The van der Waals surface area contributed by atoms with E-state index in [4.69, 9.17) is 10.5 Å². The van der Waals surface area contributed by atoms with Gasteiger partial charge in [-0.1, -0.05) is 6.07 Å². The number of amidine groups is 1. The molecule has 0 aliphatic carbocycles. The van der Waals surface area contributed by atoms with Crippen LogP contribution in [0.3, 0.4) is 0 Å². The SMILES string of the molecule is NC1=NS(=O)(=O)Nc2cccc(OCCn3cccc3)c21. The van der Waals surface area contributed by atoms with Crippen LogP contribution in [-0.2, 0) is 16.8 Å². The molecule has 1 aliphatic heterocycles. The Kier molecular flexibility index (Phi) is 3.30. The predicted octanol–water partition coefficient (Wildman–Crippen LogP) is 0.943. The fourth-order valence-electron chi connectivity index (χ4n) is 2.12. The zero-order chi connectivity index (χ0) is 14.9. The lowest BCUT2D eigenvalue weighted by Crippen LogP contribution is -2.27. The molecule has 7 nitrogen and oxygen atoms in total. The van der Waals surface area contributed by atoms with E-state index in [0.717, 1.165) is 0 Å². The number of nitrogens with zero attached hydrogens (tertiary/aromatic N) is 2. The van der Waals surface area contributed by atoms with Gasteiger partial charge in [-0.3, -0.25) is 4.72 Å². The molecule has 0 bridgehead atoms. The summed E-state index contributed by atoms with van der Waals surface area (Å²) < 4.78 is 36.4. The first-order chi connectivity index (χ1) is 10.1. The molecule has 0 radical (unpaired) electrons. The number of nitrogens with two attached hydrogens (primary N) is 1. The van der Waals surface area contributed by atoms with Crippen LogP contribution in [0.1, 0.15) is 5.56 Å². The maximum Gasteiger partial charge on any atom is 0.344 e. The van der Waals surface area contributed by atoms with Crippen LogP contribution in [0.15, 0.2) is 47.1 Å². The Bertz CT molecular complexity index is 782. The van der Waals surface area contributed by atoms with E-state index < -0.39 is 10.2 Å². The second-order valence-corrected chi connectivity index (χ2v) is 5.84. The van der Waals surface area contributed by atoms with Crippen LogP contribution in [0.25, 0.3) is 0 Å². The Morgan fingerprint density at radius 3 is 2.76 bits per heavy atom. The number of aromatic nitrogens is 1. The zero-order valence-electron chi connectivity index (χ0n) is 11.1. The van der Waals surface area contributed by atoms with E-state index in [0.29, 0.717) is 30.2 Å². The number of hydrogen-bond acceptors (Lipinski definition) is 4. The van der Waals surface area contributed by atoms with Gasteiger partial charge in [0.1, 0.15) is 12.4 Å². The van der Waals surface area contributed by atoms with E-state index in [1.807, 2.05) is 29.1 Å². The first-order valence-electron chi connectivity index (χ1n) is 6.30. The third-order valence-electron chi connectivity index (χ3n) is 3.01. The number of hydrogen-bond donors (Lipinski definition) is 2. The molecular weight excluding hydrogens is 292 g/mol. The molecule has 0 unspecified atom stereocenters. The minimum absolute atomic E-state index is 0.0692. The highest BCUT2D eigenvalue weighted by Crippen LogP contribution is 2.30. The summed E-state index contributed by atoms with van der Waals surface area (Å²) in [5.74, 6) is 0.434. The minimum Gasteiger partial charge on any atom is -0.491 e. The third-order valence-corrected chi connectivity index (χ3v) is 3.93. The van der Waals surface area contributed by atoms with Crippen LogP contribution in [0.2, 0.25) is 0 Å². The molecular formula is C13H14N4O3S. The maximum atomic E-state index is 11.5. The second kappa shape index (κ2) is 5.13. The molecule has 1 aliphatic rings. The highest BCUT2D eigenvalue weighted by Gasteiger charge is 2.24. The minimum atomic E-state index is -3.76. The van der Waals surface area contributed by atoms with Crippen molar-refractivity contribution in [2.45, 2.75) is 6.54 Å². The molecule has 2 aromatic rings. The van der Waals surface area contributed by atoms with E-state index in [9.17, 15) is 8.42 Å². The number of ether oxygens (including phenoxy) is 1. The number of nitrogens with one attached hydrogen (secondary N) is 1. The Balaban J connectivity index is 1.81. The summed E-state index contributed by atoms with van der Waals surface area (Å²) in [5, 5.41) is 0. The summed E-state index contributed by atoms with van der Waals surface area (Å²) in [6, 6.07) is 8.92. The number of anilines is 1. The van der Waals surface area contributed by atoms with E-state index in [-0.39, 0.29) is 5.84 Å². The molecule has 3 rings (SSSR count). The van der Waals surface area contributed by atoms with Crippen molar-refractivity contribution in [3.63, 3.8) is 0 Å². The van der Waals surface area contributed by atoms with Crippen molar-refractivity contribution in [2.24, 2.45) is 10.1 Å². The summed E-state index contributed by atoms with van der Waals surface area (Å²) in [6.07, 6.45) is 3.88. The highest BCUT2D eigenvalue weighted by molar-refractivity contribution is 7.91. The average molecular weight is 306 g/mol. The smallest absolute Gasteiger partial charge is 0.344 e. The van der Waals surface area contributed by atoms with E-state index in [1.54, 1.807) is 18.2 Å².